The van der Waals surface area contributed by atoms with E-state index >= 15 is 0 Å². The van der Waals surface area contributed by atoms with E-state index in [2.05, 4.69) is 24.3 Å². The second kappa shape index (κ2) is 4.46. The molecule has 0 saturated heterocycles. The molecule has 0 radical (unpaired) electrons. The molecule has 3 atom stereocenters. The summed E-state index contributed by atoms with van der Waals surface area (Å²) < 4.78 is 0. The summed E-state index contributed by atoms with van der Waals surface area (Å²) in [7, 11) is 0. The average molecular weight is 185 g/mol. The Morgan fingerprint density at radius 2 is 2.23 bits per heavy atom. The molecule has 0 spiro atoms. The Kier molecular flexibility index (Phi) is 3.54. The molecule has 13 heavy (non-hydrogen) atoms. The number of hydrogen-bond acceptors (Lipinski definition) is 3. The summed E-state index contributed by atoms with van der Waals surface area (Å²) in [6, 6.07) is 0.523. The maximum Gasteiger partial charge on any atom is 0.153 e. The SMILES string of the molecule is CC1CCC(NCC(N)=NO)C1C. The standard InChI is InChI=1S/C9H19N3O/c1-6-3-4-8(7(6)2)11-5-9(10)12-13/h6-8,11,13H,3-5H2,1-2H3,(H2,10,12). The molecule has 4 N–H and O–H groups in total. The molecule has 0 aromatic heterocycles. The molecule has 4 nitrogen and oxygen atoms in total. The Balaban J connectivity index is 2.30. The van der Waals surface area contributed by atoms with Crippen molar-refractivity contribution in [3.63, 3.8) is 0 Å². The zero-order chi connectivity index (χ0) is 9.84. The zero-order valence-corrected chi connectivity index (χ0v) is 8.33. The molecule has 0 amide bonds. The second-order valence-electron chi connectivity index (χ2n) is 3.99. The second-order valence-corrected chi connectivity index (χ2v) is 3.99. The molecule has 0 aliphatic heterocycles. The molecule has 0 bridgehead atoms. The zero-order valence-electron chi connectivity index (χ0n) is 8.33. The average Bonchev–Trinajstić information content (AvgIpc) is 2.44. The van der Waals surface area contributed by atoms with Crippen LogP contribution in [0.3, 0.4) is 0 Å². The van der Waals surface area contributed by atoms with Crippen molar-refractivity contribution in [1.82, 2.24) is 5.32 Å². The predicted octanol–water partition coefficient (Wildman–Crippen LogP) is 0.757. The monoisotopic (exact) mass is 185 g/mol. The van der Waals surface area contributed by atoms with Gasteiger partial charge in [0.25, 0.3) is 0 Å². The molecule has 0 aromatic carbocycles. The van der Waals surface area contributed by atoms with Crippen LogP contribution in [-0.2, 0) is 0 Å². The third kappa shape index (κ3) is 2.59. The van der Waals surface area contributed by atoms with Crippen molar-refractivity contribution in [2.75, 3.05) is 6.54 Å². The molecule has 1 fully saturated rings. The van der Waals surface area contributed by atoms with Gasteiger partial charge < -0.3 is 16.3 Å². The minimum Gasteiger partial charge on any atom is -0.409 e. The first-order valence-electron chi connectivity index (χ1n) is 4.85. The largest absolute Gasteiger partial charge is 0.409 e. The maximum atomic E-state index is 8.35. The van der Waals surface area contributed by atoms with Crippen LogP contribution in [0.2, 0.25) is 0 Å². The van der Waals surface area contributed by atoms with Gasteiger partial charge in [-0.25, -0.2) is 0 Å². The fourth-order valence-corrected chi connectivity index (χ4v) is 1.92. The lowest BCUT2D eigenvalue weighted by Crippen LogP contribution is -2.38. The highest BCUT2D eigenvalue weighted by Gasteiger charge is 2.29. The Labute approximate surface area is 79.2 Å². The number of rotatable bonds is 3. The van der Waals surface area contributed by atoms with E-state index in [0.29, 0.717) is 18.5 Å². The molecular weight excluding hydrogens is 166 g/mol. The van der Waals surface area contributed by atoms with Crippen molar-refractivity contribution in [2.45, 2.75) is 32.7 Å². The number of nitrogens with zero attached hydrogens (tertiary/aromatic N) is 1. The van der Waals surface area contributed by atoms with Crippen LogP contribution in [0.1, 0.15) is 26.7 Å². The summed E-state index contributed by atoms with van der Waals surface area (Å²) in [6.07, 6.45) is 2.47. The van der Waals surface area contributed by atoms with Crippen LogP contribution >= 0.6 is 0 Å². The van der Waals surface area contributed by atoms with E-state index in [1.807, 2.05) is 0 Å². The topological polar surface area (TPSA) is 70.6 Å². The fraction of sp³-hybridized carbons (Fsp3) is 0.889. The third-order valence-electron chi connectivity index (χ3n) is 3.14. The van der Waals surface area contributed by atoms with Crippen molar-refractivity contribution in [2.24, 2.45) is 22.7 Å². The number of nitrogens with one attached hydrogen (secondary N) is 1. The minimum atomic E-state index is 0.256. The van der Waals surface area contributed by atoms with Gasteiger partial charge in [0.05, 0.1) is 6.54 Å². The van der Waals surface area contributed by atoms with E-state index in [4.69, 9.17) is 10.9 Å². The molecular formula is C9H19N3O. The molecule has 0 aromatic rings. The number of nitrogens with two attached hydrogens (primary N) is 1. The van der Waals surface area contributed by atoms with Crippen LogP contribution in [0.5, 0.6) is 0 Å². The first-order chi connectivity index (χ1) is 6.15. The maximum absolute atomic E-state index is 8.35. The Hall–Kier alpha value is -0.770. The fourth-order valence-electron chi connectivity index (χ4n) is 1.92. The lowest BCUT2D eigenvalue weighted by molar-refractivity contribution is 0.315. The van der Waals surface area contributed by atoms with E-state index in [9.17, 15) is 0 Å². The van der Waals surface area contributed by atoms with Gasteiger partial charge in [0, 0.05) is 6.04 Å². The quantitative estimate of drug-likeness (QED) is 0.263. The lowest BCUT2D eigenvalue weighted by Gasteiger charge is -2.19. The van der Waals surface area contributed by atoms with Crippen molar-refractivity contribution in [1.29, 1.82) is 0 Å². The normalized spacial score (nSPS) is 35.2. The Morgan fingerprint density at radius 1 is 1.54 bits per heavy atom. The van der Waals surface area contributed by atoms with Crippen LogP contribution in [-0.4, -0.2) is 23.6 Å². The first-order valence-corrected chi connectivity index (χ1v) is 4.85. The third-order valence-corrected chi connectivity index (χ3v) is 3.14. The molecule has 1 aliphatic carbocycles. The van der Waals surface area contributed by atoms with Gasteiger partial charge in [-0.2, -0.15) is 0 Å². The molecule has 1 saturated carbocycles. The van der Waals surface area contributed by atoms with E-state index in [1.165, 1.54) is 12.8 Å². The van der Waals surface area contributed by atoms with Crippen LogP contribution < -0.4 is 11.1 Å². The summed E-state index contributed by atoms with van der Waals surface area (Å²) in [5.41, 5.74) is 5.37. The highest BCUT2D eigenvalue weighted by molar-refractivity contribution is 5.81. The van der Waals surface area contributed by atoms with Gasteiger partial charge in [0.1, 0.15) is 0 Å². The molecule has 76 valence electrons. The van der Waals surface area contributed by atoms with Gasteiger partial charge in [-0.3, -0.25) is 0 Å². The summed E-state index contributed by atoms with van der Waals surface area (Å²) in [4.78, 5) is 0. The Bertz CT molecular complexity index is 193. The van der Waals surface area contributed by atoms with Crippen LogP contribution in [0.4, 0.5) is 0 Å². The molecule has 0 heterocycles. The molecule has 4 heteroatoms. The number of amidine groups is 1. The van der Waals surface area contributed by atoms with Crippen LogP contribution in [0.15, 0.2) is 5.16 Å². The van der Waals surface area contributed by atoms with E-state index in [-0.39, 0.29) is 5.84 Å². The first kappa shape index (κ1) is 10.3. The number of oxime groups is 1. The molecule has 1 aliphatic rings. The summed E-state index contributed by atoms with van der Waals surface area (Å²) in [5, 5.41) is 14.6. The van der Waals surface area contributed by atoms with E-state index in [1.54, 1.807) is 0 Å². The van der Waals surface area contributed by atoms with Crippen LogP contribution in [0.25, 0.3) is 0 Å². The lowest BCUT2D eigenvalue weighted by atomic mass is 9.98. The highest BCUT2D eigenvalue weighted by Crippen LogP contribution is 2.30. The van der Waals surface area contributed by atoms with Gasteiger partial charge >= 0.3 is 0 Å². The predicted molar refractivity (Wildman–Crippen MR) is 52.8 cm³/mol. The number of hydrogen-bond donors (Lipinski definition) is 3. The van der Waals surface area contributed by atoms with Gasteiger partial charge in [-0.1, -0.05) is 19.0 Å². The van der Waals surface area contributed by atoms with Crippen molar-refractivity contribution >= 4 is 5.84 Å². The van der Waals surface area contributed by atoms with Gasteiger partial charge in [0.15, 0.2) is 5.84 Å². The minimum absolute atomic E-state index is 0.256. The van der Waals surface area contributed by atoms with Crippen molar-refractivity contribution < 1.29 is 5.21 Å². The molecule has 3 unspecified atom stereocenters. The van der Waals surface area contributed by atoms with Gasteiger partial charge in [-0.15, -0.1) is 0 Å². The molecule has 1 rings (SSSR count). The van der Waals surface area contributed by atoms with Crippen molar-refractivity contribution in [3.05, 3.63) is 0 Å². The highest BCUT2D eigenvalue weighted by atomic mass is 16.4. The van der Waals surface area contributed by atoms with Crippen molar-refractivity contribution in [3.8, 4) is 0 Å². The van der Waals surface area contributed by atoms with E-state index < -0.39 is 0 Å². The summed E-state index contributed by atoms with van der Waals surface area (Å²) in [5.74, 6) is 1.73. The summed E-state index contributed by atoms with van der Waals surface area (Å²) in [6.45, 7) is 5.01. The van der Waals surface area contributed by atoms with E-state index in [0.717, 1.165) is 5.92 Å². The Morgan fingerprint density at radius 3 is 2.69 bits per heavy atom. The summed E-state index contributed by atoms with van der Waals surface area (Å²) >= 11 is 0. The smallest absolute Gasteiger partial charge is 0.153 e. The van der Waals surface area contributed by atoms with Crippen LogP contribution in [0, 0.1) is 11.8 Å². The van der Waals surface area contributed by atoms with Gasteiger partial charge in [-0.05, 0) is 24.7 Å². The van der Waals surface area contributed by atoms with Gasteiger partial charge in [0.2, 0.25) is 0 Å².